The molecule has 4 rings (SSSR count). The van der Waals surface area contributed by atoms with Crippen LogP contribution in [0.25, 0.3) is 5.57 Å². The van der Waals surface area contributed by atoms with Gasteiger partial charge in [-0.1, -0.05) is 124 Å². The lowest BCUT2D eigenvalue weighted by Gasteiger charge is -2.30. The van der Waals surface area contributed by atoms with E-state index in [1.165, 1.54) is 34.6 Å². The van der Waals surface area contributed by atoms with Gasteiger partial charge in [-0.3, -0.25) is 0 Å². The predicted octanol–water partition coefficient (Wildman–Crippen LogP) is 11.7. The number of hydrogen-bond donors (Lipinski definition) is 0. The third-order valence-corrected chi connectivity index (χ3v) is 8.03. The average Bonchev–Trinajstić information content (AvgIpc) is 3.03. The fourth-order valence-corrected chi connectivity index (χ4v) is 5.65. The summed E-state index contributed by atoms with van der Waals surface area (Å²) in [5.74, 6) is 1.58. The van der Waals surface area contributed by atoms with Gasteiger partial charge in [0, 0.05) is 17.1 Å². The normalized spacial score (nSPS) is 19.6. The molecule has 3 atom stereocenters. The van der Waals surface area contributed by atoms with E-state index in [2.05, 4.69) is 159 Å². The number of unbranched alkanes of at least 4 members (excludes halogenated alkanes) is 1. The fourth-order valence-electron chi connectivity index (χ4n) is 5.65. The molecule has 1 nitrogen and oxygen atoms in total. The Morgan fingerprint density at radius 1 is 0.951 bits per heavy atom. The molecule has 2 aromatic rings. The van der Waals surface area contributed by atoms with Gasteiger partial charge in [0.15, 0.2) is 0 Å². The van der Waals surface area contributed by atoms with Crippen LogP contribution < -0.4 is 4.90 Å². The maximum absolute atomic E-state index is 4.06. The first-order chi connectivity index (χ1) is 20.2. The van der Waals surface area contributed by atoms with Gasteiger partial charge in [-0.2, -0.15) is 0 Å². The lowest BCUT2D eigenvalue weighted by Crippen LogP contribution is -2.19. The maximum Gasteiger partial charge on any atom is 0.0461 e. The Morgan fingerprint density at radius 2 is 1.76 bits per heavy atom. The molecule has 41 heavy (non-hydrogen) atoms. The molecule has 0 aliphatic heterocycles. The number of anilines is 2. The highest BCUT2D eigenvalue weighted by Gasteiger charge is 2.21. The van der Waals surface area contributed by atoms with Crippen LogP contribution in [0.5, 0.6) is 0 Å². The molecule has 0 saturated heterocycles. The number of rotatable bonds is 14. The molecule has 2 aromatic carbocycles. The Hall–Kier alpha value is -3.84. The second kappa shape index (κ2) is 16.4. The van der Waals surface area contributed by atoms with Crippen LogP contribution in [0, 0.1) is 17.8 Å². The van der Waals surface area contributed by atoms with Crippen molar-refractivity contribution in [3.05, 3.63) is 151 Å². The third kappa shape index (κ3) is 8.82. The summed E-state index contributed by atoms with van der Waals surface area (Å²) in [7, 11) is 0. The van der Waals surface area contributed by atoms with E-state index in [1.807, 2.05) is 0 Å². The lowest BCUT2D eigenvalue weighted by atomic mass is 9.83. The number of para-hydroxylation sites is 1. The van der Waals surface area contributed by atoms with Gasteiger partial charge in [0.05, 0.1) is 0 Å². The van der Waals surface area contributed by atoms with Gasteiger partial charge in [0.1, 0.15) is 0 Å². The van der Waals surface area contributed by atoms with E-state index in [-0.39, 0.29) is 0 Å². The van der Waals surface area contributed by atoms with Crippen LogP contribution in [-0.2, 0) is 0 Å². The first kappa shape index (κ1) is 30.1. The van der Waals surface area contributed by atoms with E-state index in [4.69, 9.17) is 0 Å². The Kier molecular flexibility index (Phi) is 12.1. The van der Waals surface area contributed by atoms with Gasteiger partial charge < -0.3 is 4.90 Å². The summed E-state index contributed by atoms with van der Waals surface area (Å²) >= 11 is 0. The molecule has 2 aliphatic rings. The molecule has 1 heteroatoms. The molecule has 0 heterocycles. The molecule has 0 amide bonds. The van der Waals surface area contributed by atoms with Crippen LogP contribution in [0.2, 0.25) is 0 Å². The molecule has 212 valence electrons. The van der Waals surface area contributed by atoms with E-state index < -0.39 is 0 Å². The predicted molar refractivity (Wildman–Crippen MR) is 181 cm³/mol. The summed E-state index contributed by atoms with van der Waals surface area (Å²) in [6.45, 7) is 8.51. The molecule has 0 fully saturated rings. The highest BCUT2D eigenvalue weighted by Crippen LogP contribution is 2.36. The molecule has 0 saturated carbocycles. The number of nitrogens with zero attached hydrogens (tertiary/aromatic N) is 1. The lowest BCUT2D eigenvalue weighted by molar-refractivity contribution is 0.477. The largest absolute Gasteiger partial charge is 0.311 e. The molecule has 2 aliphatic carbocycles. The number of allylic oxidation sites excluding steroid dienone is 14. The molecule has 0 radical (unpaired) electrons. The van der Waals surface area contributed by atoms with Crippen molar-refractivity contribution in [2.75, 3.05) is 4.90 Å². The minimum absolute atomic E-state index is 0.472. The highest BCUT2D eigenvalue weighted by molar-refractivity contribution is 5.74. The van der Waals surface area contributed by atoms with Crippen LogP contribution in [0.4, 0.5) is 11.4 Å². The van der Waals surface area contributed by atoms with Gasteiger partial charge in [0.25, 0.3) is 0 Å². The molecule has 0 N–H and O–H groups in total. The zero-order valence-corrected chi connectivity index (χ0v) is 25.0. The molecule has 0 aromatic heterocycles. The van der Waals surface area contributed by atoms with Crippen molar-refractivity contribution in [2.45, 2.75) is 58.8 Å². The summed E-state index contributed by atoms with van der Waals surface area (Å²) in [5.41, 5.74) is 6.25. The van der Waals surface area contributed by atoms with Crippen LogP contribution in [0.1, 0.15) is 64.4 Å². The standard InChI is InChI=1S/C40H47N/c1-4-7-8-13-21-34(6-3)36-25-29-39(30-26-36)41(38-23-14-10-15-24-38)40-31-27-37(28-32-40)35(17-5-2)22-16-20-33-18-11-9-12-19-33/h5,8-16,18,21-27,29-33,35,37H,2,4,6-7,17,19-20,28H2,1,3H3/b13-8-,22-16-,34-21+. The molecule has 3 unspecified atom stereocenters. The van der Waals surface area contributed by atoms with Gasteiger partial charge in [-0.05, 0) is 97.8 Å². The van der Waals surface area contributed by atoms with Crippen molar-refractivity contribution in [1.82, 2.24) is 0 Å². The second-order valence-electron chi connectivity index (χ2n) is 11.0. The zero-order chi connectivity index (χ0) is 28.7. The summed E-state index contributed by atoms with van der Waals surface area (Å²) in [5, 5.41) is 0. The second-order valence-corrected chi connectivity index (χ2v) is 11.0. The molecule has 0 spiro atoms. The van der Waals surface area contributed by atoms with E-state index >= 15 is 0 Å². The molecular formula is C40H47N. The minimum atomic E-state index is 0.472. The first-order valence-corrected chi connectivity index (χ1v) is 15.5. The van der Waals surface area contributed by atoms with Gasteiger partial charge in [0.2, 0.25) is 0 Å². The van der Waals surface area contributed by atoms with Crippen molar-refractivity contribution in [2.24, 2.45) is 17.8 Å². The fraction of sp³-hybridized carbons (Fsp3) is 0.300. The maximum atomic E-state index is 4.06. The van der Waals surface area contributed by atoms with Crippen molar-refractivity contribution in [1.29, 1.82) is 0 Å². The van der Waals surface area contributed by atoms with Crippen molar-refractivity contribution < 1.29 is 0 Å². The summed E-state index contributed by atoms with van der Waals surface area (Å²) in [6.07, 6.45) is 37.3. The summed E-state index contributed by atoms with van der Waals surface area (Å²) in [4.78, 5) is 2.38. The Bertz CT molecular complexity index is 1300. The third-order valence-electron chi connectivity index (χ3n) is 8.03. The Labute approximate surface area is 249 Å². The molecular weight excluding hydrogens is 494 g/mol. The number of benzene rings is 2. The van der Waals surface area contributed by atoms with Crippen LogP contribution >= 0.6 is 0 Å². The van der Waals surface area contributed by atoms with E-state index in [0.717, 1.165) is 38.5 Å². The topological polar surface area (TPSA) is 3.24 Å². The van der Waals surface area contributed by atoms with Crippen LogP contribution in [0.15, 0.2) is 146 Å². The Balaban J connectivity index is 1.51. The number of hydrogen-bond acceptors (Lipinski definition) is 1. The molecule has 0 bridgehead atoms. The van der Waals surface area contributed by atoms with Crippen LogP contribution in [-0.4, -0.2) is 0 Å². The summed E-state index contributed by atoms with van der Waals surface area (Å²) in [6, 6.07) is 19.8. The average molecular weight is 542 g/mol. The smallest absolute Gasteiger partial charge is 0.0461 e. The quantitative estimate of drug-likeness (QED) is 0.170. The monoisotopic (exact) mass is 541 g/mol. The Morgan fingerprint density at radius 3 is 2.41 bits per heavy atom. The van der Waals surface area contributed by atoms with Crippen molar-refractivity contribution >= 4 is 16.9 Å². The first-order valence-electron chi connectivity index (χ1n) is 15.5. The van der Waals surface area contributed by atoms with Crippen LogP contribution in [0.3, 0.4) is 0 Å². The summed E-state index contributed by atoms with van der Waals surface area (Å²) < 4.78 is 0. The SMILES string of the molecule is C=CCC(/C=C\CC1C=CC=CC1)C1C=CC(N(c2ccccc2)c2ccc(/C(=C/C=C\CCC)CC)cc2)=CC1. The highest BCUT2D eigenvalue weighted by atomic mass is 15.1. The van der Waals surface area contributed by atoms with Crippen molar-refractivity contribution in [3.63, 3.8) is 0 Å². The van der Waals surface area contributed by atoms with Gasteiger partial charge >= 0.3 is 0 Å². The minimum Gasteiger partial charge on any atom is -0.311 e. The van der Waals surface area contributed by atoms with E-state index in [0.29, 0.717) is 17.8 Å². The zero-order valence-electron chi connectivity index (χ0n) is 25.0. The van der Waals surface area contributed by atoms with Gasteiger partial charge in [-0.25, -0.2) is 0 Å². The van der Waals surface area contributed by atoms with Crippen molar-refractivity contribution in [3.8, 4) is 0 Å². The van der Waals surface area contributed by atoms with E-state index in [9.17, 15) is 0 Å². The van der Waals surface area contributed by atoms with E-state index in [1.54, 1.807) is 0 Å². The van der Waals surface area contributed by atoms with Gasteiger partial charge in [-0.15, -0.1) is 6.58 Å².